The fourth-order valence-electron chi connectivity index (χ4n) is 10.2. The topological polar surface area (TPSA) is 0 Å². The maximum Gasteiger partial charge on any atom is 0.0433 e. The maximum atomic E-state index is 2.51. The summed E-state index contributed by atoms with van der Waals surface area (Å²) in [6.45, 7) is 0. The molecule has 12 rings (SSSR count). The molecule has 2 heteroatoms. The predicted octanol–water partition coefficient (Wildman–Crippen LogP) is 16.5. The van der Waals surface area contributed by atoms with Crippen LogP contribution in [0.5, 0.6) is 0 Å². The lowest BCUT2D eigenvalue weighted by Gasteiger charge is -2.23. The van der Waals surface area contributed by atoms with Crippen molar-refractivity contribution in [2.45, 2.75) is 51.4 Å². The molecule has 10 aromatic rings. The van der Waals surface area contributed by atoms with Crippen molar-refractivity contribution < 1.29 is 0 Å². The minimum Gasteiger partial charge on any atom is -0.135 e. The molecule has 0 N–H and O–H groups in total. The quantitative estimate of drug-likeness (QED) is 0.163. The van der Waals surface area contributed by atoms with Crippen molar-refractivity contribution in [3.05, 3.63) is 180 Å². The molecule has 0 saturated carbocycles. The average molecular weight is 779 g/mol. The van der Waals surface area contributed by atoms with E-state index in [1.54, 1.807) is 11.1 Å². The second kappa shape index (κ2) is 13.9. The molecule has 58 heavy (non-hydrogen) atoms. The molecule has 2 aromatic heterocycles. The lowest BCUT2D eigenvalue weighted by Crippen LogP contribution is -2.05. The smallest absolute Gasteiger partial charge is 0.0433 e. The van der Waals surface area contributed by atoms with Gasteiger partial charge in [-0.25, -0.2) is 0 Å². The van der Waals surface area contributed by atoms with Crippen LogP contribution in [0, 0.1) is 0 Å². The van der Waals surface area contributed by atoms with Gasteiger partial charge in [0.2, 0.25) is 0 Å². The van der Waals surface area contributed by atoms with Crippen LogP contribution >= 0.6 is 22.7 Å². The van der Waals surface area contributed by atoms with Gasteiger partial charge in [0.05, 0.1) is 0 Å². The molecule has 0 radical (unpaired) electrons. The van der Waals surface area contributed by atoms with Gasteiger partial charge in [0.15, 0.2) is 0 Å². The van der Waals surface area contributed by atoms with Crippen LogP contribution in [0.25, 0.3) is 96.0 Å². The van der Waals surface area contributed by atoms with Gasteiger partial charge >= 0.3 is 0 Å². The zero-order valence-electron chi connectivity index (χ0n) is 32.5. The zero-order chi connectivity index (χ0) is 38.2. The van der Waals surface area contributed by atoms with E-state index in [1.165, 1.54) is 133 Å². The third kappa shape index (κ3) is 5.69. The van der Waals surface area contributed by atoms with Crippen LogP contribution in [-0.4, -0.2) is 0 Å². The summed E-state index contributed by atoms with van der Waals surface area (Å²) in [5.74, 6) is 0. The molecule has 2 aliphatic rings. The summed E-state index contributed by atoms with van der Waals surface area (Å²) in [4.78, 5) is 0. The molecular formula is C56H42S2. The average Bonchev–Trinajstić information content (AvgIpc) is 3.87. The number of hydrogen-bond acceptors (Lipinski definition) is 2. The summed E-state index contributed by atoms with van der Waals surface area (Å²) in [7, 11) is 0. The molecule has 0 atom stereocenters. The van der Waals surface area contributed by atoms with Gasteiger partial charge in [-0.2, -0.15) is 0 Å². The Balaban J connectivity index is 0.968. The first-order valence-electron chi connectivity index (χ1n) is 21.1. The van der Waals surface area contributed by atoms with E-state index in [0.717, 1.165) is 25.7 Å². The van der Waals surface area contributed by atoms with Crippen LogP contribution in [0.4, 0.5) is 0 Å². The Morgan fingerprint density at radius 2 is 0.707 bits per heavy atom. The first kappa shape index (κ1) is 34.3. The van der Waals surface area contributed by atoms with Crippen molar-refractivity contribution in [2.75, 3.05) is 0 Å². The van der Waals surface area contributed by atoms with Gasteiger partial charge in [-0.3, -0.25) is 0 Å². The Morgan fingerprint density at radius 3 is 1.21 bits per heavy atom. The van der Waals surface area contributed by atoms with Crippen molar-refractivity contribution >= 4 is 63.0 Å². The highest BCUT2D eigenvalue weighted by Gasteiger charge is 2.21. The monoisotopic (exact) mass is 778 g/mol. The van der Waals surface area contributed by atoms with Gasteiger partial charge in [-0.05, 0) is 166 Å². The summed E-state index contributed by atoms with van der Waals surface area (Å²) >= 11 is 3.86. The molecule has 278 valence electrons. The number of rotatable bonds is 5. The minimum absolute atomic E-state index is 1.15. The lowest BCUT2D eigenvalue weighted by atomic mass is 9.82. The van der Waals surface area contributed by atoms with Crippen molar-refractivity contribution in [1.29, 1.82) is 0 Å². The van der Waals surface area contributed by atoms with Gasteiger partial charge in [0.1, 0.15) is 0 Å². The standard InChI is InChI=1S/C56H42S2/c1-3-19-43-37(13-1)31-41(45-23-11-25-49-47-21-5-7-27-53(47)57-55(45)49)33-51(43)39-17-9-15-35(29-39)36-16-10-18-40(30-36)52-34-42(32-38-14-2-4-20-44(38)52)46-24-12-26-50-48-22-6-8-28-54(48)58-56(46)50/h5-12,15-18,21-34H,1-4,13-14,19-20H2. The normalized spacial score (nSPS) is 14.0. The van der Waals surface area contributed by atoms with Crippen LogP contribution in [0.3, 0.4) is 0 Å². The first-order valence-corrected chi connectivity index (χ1v) is 22.7. The second-order valence-corrected chi connectivity index (χ2v) is 18.6. The summed E-state index contributed by atoms with van der Waals surface area (Å²) < 4.78 is 5.50. The van der Waals surface area contributed by atoms with Gasteiger partial charge in [0, 0.05) is 40.3 Å². The summed E-state index contributed by atoms with van der Waals surface area (Å²) in [6, 6.07) is 60.3. The SMILES string of the molecule is c1cc(-c2cccc(-c3cc(-c4cccc5c4sc4ccccc45)cc4c3CCCC4)c2)cc(-c2cc(-c3cccc4c3sc3ccccc34)cc3c2CCCC3)c1. The number of aryl methyl sites for hydroxylation is 2. The van der Waals surface area contributed by atoms with E-state index in [9.17, 15) is 0 Å². The molecule has 0 saturated heterocycles. The molecular weight excluding hydrogens is 737 g/mol. The van der Waals surface area contributed by atoms with Crippen LogP contribution in [0.15, 0.2) is 158 Å². The van der Waals surface area contributed by atoms with E-state index in [4.69, 9.17) is 0 Å². The van der Waals surface area contributed by atoms with Gasteiger partial charge in [0.25, 0.3) is 0 Å². The van der Waals surface area contributed by atoms with Crippen LogP contribution in [-0.2, 0) is 25.7 Å². The highest BCUT2D eigenvalue weighted by atomic mass is 32.1. The van der Waals surface area contributed by atoms with E-state index in [-0.39, 0.29) is 0 Å². The zero-order valence-corrected chi connectivity index (χ0v) is 34.1. The van der Waals surface area contributed by atoms with Crippen LogP contribution < -0.4 is 0 Å². The molecule has 2 aliphatic carbocycles. The van der Waals surface area contributed by atoms with Crippen LogP contribution in [0.1, 0.15) is 47.9 Å². The maximum absolute atomic E-state index is 2.51. The molecule has 0 bridgehead atoms. The number of fused-ring (bicyclic) bond motifs is 8. The van der Waals surface area contributed by atoms with E-state index < -0.39 is 0 Å². The van der Waals surface area contributed by atoms with Gasteiger partial charge in [-0.1, -0.05) is 121 Å². The van der Waals surface area contributed by atoms with E-state index >= 15 is 0 Å². The predicted molar refractivity (Wildman–Crippen MR) is 253 cm³/mol. The third-order valence-corrected chi connectivity index (χ3v) is 15.5. The molecule has 8 aromatic carbocycles. The number of thiophene rings is 2. The molecule has 0 nitrogen and oxygen atoms in total. The van der Waals surface area contributed by atoms with Crippen LogP contribution in [0.2, 0.25) is 0 Å². The Hall–Kier alpha value is -5.80. The molecule has 0 spiro atoms. The number of hydrogen-bond donors (Lipinski definition) is 0. The highest BCUT2D eigenvalue weighted by molar-refractivity contribution is 7.26. The Morgan fingerprint density at radius 1 is 0.293 bits per heavy atom. The Labute approximate surface area is 348 Å². The molecule has 0 amide bonds. The lowest BCUT2D eigenvalue weighted by molar-refractivity contribution is 0.687. The first-order chi connectivity index (χ1) is 28.7. The molecule has 0 aliphatic heterocycles. The van der Waals surface area contributed by atoms with Crippen molar-refractivity contribution in [1.82, 2.24) is 0 Å². The van der Waals surface area contributed by atoms with Gasteiger partial charge < -0.3 is 0 Å². The fourth-order valence-corrected chi connectivity index (χ4v) is 12.7. The summed E-state index contributed by atoms with van der Waals surface area (Å²) in [5.41, 5.74) is 19.5. The van der Waals surface area contributed by atoms with E-state index in [0.29, 0.717) is 0 Å². The Bertz CT molecular complexity index is 3020. The Kier molecular flexibility index (Phi) is 8.24. The van der Waals surface area contributed by atoms with Crippen molar-refractivity contribution in [2.24, 2.45) is 0 Å². The van der Waals surface area contributed by atoms with Gasteiger partial charge in [-0.15, -0.1) is 22.7 Å². The summed E-state index contributed by atoms with van der Waals surface area (Å²) in [6.07, 6.45) is 9.65. The highest BCUT2D eigenvalue weighted by Crippen LogP contribution is 2.45. The fraction of sp³-hybridized carbons (Fsp3) is 0.143. The second-order valence-electron chi connectivity index (χ2n) is 16.5. The molecule has 2 heterocycles. The van der Waals surface area contributed by atoms with E-state index in [2.05, 4.69) is 158 Å². The van der Waals surface area contributed by atoms with E-state index in [1.807, 2.05) is 22.7 Å². The van der Waals surface area contributed by atoms with Crippen molar-refractivity contribution in [3.63, 3.8) is 0 Å². The third-order valence-electron chi connectivity index (χ3n) is 13.0. The largest absolute Gasteiger partial charge is 0.135 e. The number of benzene rings is 8. The minimum atomic E-state index is 1.15. The molecule has 0 fully saturated rings. The summed E-state index contributed by atoms with van der Waals surface area (Å²) in [5, 5.41) is 5.45. The van der Waals surface area contributed by atoms with Crippen molar-refractivity contribution in [3.8, 4) is 55.6 Å². The molecule has 0 unspecified atom stereocenters.